The van der Waals surface area contributed by atoms with Gasteiger partial charge in [0.25, 0.3) is 5.91 Å². The molecule has 1 aromatic heterocycles. The first-order valence-electron chi connectivity index (χ1n) is 7.91. The fraction of sp³-hybridized carbons (Fsp3) is 0.625. The van der Waals surface area contributed by atoms with Crippen LogP contribution >= 0.6 is 0 Å². The highest BCUT2D eigenvalue weighted by molar-refractivity contribution is 5.99. The van der Waals surface area contributed by atoms with Crippen LogP contribution in [0.3, 0.4) is 0 Å². The molecule has 2 rings (SSSR count). The van der Waals surface area contributed by atoms with Crippen molar-refractivity contribution in [3.05, 3.63) is 23.5 Å². The largest absolute Gasteiger partial charge is 0.384 e. The van der Waals surface area contributed by atoms with E-state index in [1.54, 1.807) is 6.20 Å². The third kappa shape index (κ3) is 4.70. The Morgan fingerprint density at radius 2 is 2.10 bits per heavy atom. The minimum atomic E-state index is -0.0414. The summed E-state index contributed by atoms with van der Waals surface area (Å²) in [4.78, 5) is 18.9. The third-order valence-corrected chi connectivity index (χ3v) is 3.76. The zero-order valence-electron chi connectivity index (χ0n) is 13.1. The molecular formula is C16H26N4O. The number of hydrogen-bond donors (Lipinski definition) is 2. The van der Waals surface area contributed by atoms with Crippen LogP contribution in [-0.2, 0) is 0 Å². The van der Waals surface area contributed by atoms with E-state index in [0.717, 1.165) is 44.0 Å². The molecule has 1 aliphatic rings. The van der Waals surface area contributed by atoms with Gasteiger partial charge in [-0.15, -0.1) is 0 Å². The van der Waals surface area contributed by atoms with Gasteiger partial charge in [0.2, 0.25) is 0 Å². The minimum absolute atomic E-state index is 0.0414. The van der Waals surface area contributed by atoms with Gasteiger partial charge in [-0.05, 0) is 45.3 Å². The number of nitrogens with zero attached hydrogens (tertiary/aromatic N) is 2. The molecule has 0 aliphatic carbocycles. The fourth-order valence-corrected chi connectivity index (χ4v) is 2.58. The van der Waals surface area contributed by atoms with Crippen LogP contribution < -0.4 is 10.6 Å². The highest BCUT2D eigenvalue weighted by Gasteiger charge is 2.14. The Bertz CT molecular complexity index is 469. The van der Waals surface area contributed by atoms with Crippen molar-refractivity contribution in [2.24, 2.45) is 0 Å². The number of amides is 1. The van der Waals surface area contributed by atoms with E-state index in [-0.39, 0.29) is 5.91 Å². The summed E-state index contributed by atoms with van der Waals surface area (Å²) in [5, 5.41) is 6.31. The topological polar surface area (TPSA) is 57.3 Å². The number of hydrogen-bond acceptors (Lipinski definition) is 4. The molecule has 0 aromatic carbocycles. The highest BCUT2D eigenvalue weighted by atomic mass is 16.1. The van der Waals surface area contributed by atoms with E-state index in [1.165, 1.54) is 12.8 Å². The molecule has 1 amide bonds. The van der Waals surface area contributed by atoms with Gasteiger partial charge in [0.15, 0.2) is 0 Å². The first kappa shape index (κ1) is 15.8. The van der Waals surface area contributed by atoms with Gasteiger partial charge in [0.05, 0.1) is 11.3 Å². The Morgan fingerprint density at radius 1 is 1.33 bits per heavy atom. The van der Waals surface area contributed by atoms with E-state index in [9.17, 15) is 4.79 Å². The molecule has 21 heavy (non-hydrogen) atoms. The zero-order chi connectivity index (χ0) is 15.1. The molecule has 5 heteroatoms. The number of pyridine rings is 1. The van der Waals surface area contributed by atoms with E-state index in [2.05, 4.69) is 27.4 Å². The first-order chi connectivity index (χ1) is 10.2. The second-order valence-corrected chi connectivity index (χ2v) is 5.60. The molecule has 0 radical (unpaired) electrons. The summed E-state index contributed by atoms with van der Waals surface area (Å²) in [5.41, 5.74) is 2.43. The lowest BCUT2D eigenvalue weighted by Crippen LogP contribution is -2.33. The molecule has 1 aliphatic heterocycles. The van der Waals surface area contributed by atoms with Crippen LogP contribution in [0.5, 0.6) is 0 Å². The lowest BCUT2D eigenvalue weighted by Gasteiger charge is -2.16. The van der Waals surface area contributed by atoms with Crippen LogP contribution in [0.25, 0.3) is 0 Å². The average Bonchev–Trinajstić information content (AvgIpc) is 2.98. The van der Waals surface area contributed by atoms with Gasteiger partial charge in [-0.2, -0.15) is 0 Å². The smallest absolute Gasteiger partial charge is 0.254 e. The van der Waals surface area contributed by atoms with Gasteiger partial charge >= 0.3 is 0 Å². The second-order valence-electron chi connectivity index (χ2n) is 5.60. The first-order valence-corrected chi connectivity index (χ1v) is 7.91. The van der Waals surface area contributed by atoms with Gasteiger partial charge in [-0.3, -0.25) is 9.78 Å². The van der Waals surface area contributed by atoms with E-state index in [1.807, 2.05) is 13.0 Å². The maximum atomic E-state index is 12.3. The Kier molecular flexibility index (Phi) is 5.99. The van der Waals surface area contributed by atoms with Crippen LogP contribution in [0.1, 0.15) is 42.2 Å². The van der Waals surface area contributed by atoms with E-state index >= 15 is 0 Å². The summed E-state index contributed by atoms with van der Waals surface area (Å²) >= 11 is 0. The van der Waals surface area contributed by atoms with E-state index in [0.29, 0.717) is 12.1 Å². The van der Waals surface area contributed by atoms with Gasteiger partial charge in [0.1, 0.15) is 0 Å². The number of anilines is 1. The molecule has 1 aromatic rings. The molecule has 0 unspecified atom stereocenters. The average molecular weight is 290 g/mol. The zero-order valence-corrected chi connectivity index (χ0v) is 13.1. The molecule has 1 saturated heterocycles. The number of aryl methyl sites for hydroxylation is 1. The monoisotopic (exact) mass is 290 g/mol. The Morgan fingerprint density at radius 3 is 2.81 bits per heavy atom. The third-order valence-electron chi connectivity index (χ3n) is 3.76. The number of carbonyl (C=O) groups is 1. The maximum Gasteiger partial charge on any atom is 0.254 e. The molecule has 5 nitrogen and oxygen atoms in total. The number of likely N-dealkylation sites (tertiary alicyclic amines) is 1. The SMILES string of the molecule is CCCNc1cc(C)ncc1C(=O)NCCN1CCCC1. The second kappa shape index (κ2) is 7.98. The molecule has 1 fully saturated rings. The molecule has 0 saturated carbocycles. The normalized spacial score (nSPS) is 15.1. The van der Waals surface area contributed by atoms with Crippen molar-refractivity contribution in [3.63, 3.8) is 0 Å². The Hall–Kier alpha value is -1.62. The summed E-state index contributed by atoms with van der Waals surface area (Å²) in [6.45, 7) is 8.85. The van der Waals surface area contributed by atoms with Crippen molar-refractivity contribution < 1.29 is 4.79 Å². The fourth-order valence-electron chi connectivity index (χ4n) is 2.58. The van der Waals surface area contributed by atoms with Crippen LogP contribution in [0.15, 0.2) is 12.3 Å². The number of nitrogens with one attached hydrogen (secondary N) is 2. The van der Waals surface area contributed by atoms with Crippen molar-refractivity contribution in [2.45, 2.75) is 33.1 Å². The Labute approximate surface area is 127 Å². The van der Waals surface area contributed by atoms with Crippen molar-refractivity contribution in [1.82, 2.24) is 15.2 Å². The standard InChI is InChI=1S/C16H26N4O/c1-3-6-17-15-11-13(2)19-12-14(15)16(21)18-7-10-20-8-4-5-9-20/h11-12H,3-10H2,1-2H3,(H,17,19)(H,18,21). The summed E-state index contributed by atoms with van der Waals surface area (Å²) in [7, 11) is 0. The van der Waals surface area contributed by atoms with Crippen LogP contribution in [-0.4, -0.2) is 48.5 Å². The summed E-state index contributed by atoms with van der Waals surface area (Å²) in [6.07, 6.45) is 5.25. The van der Waals surface area contributed by atoms with Crippen LogP contribution in [0.4, 0.5) is 5.69 Å². The predicted octanol–water partition coefficient (Wildman–Crippen LogP) is 2.04. The van der Waals surface area contributed by atoms with Crippen LogP contribution in [0.2, 0.25) is 0 Å². The lowest BCUT2D eigenvalue weighted by molar-refractivity contribution is 0.0950. The minimum Gasteiger partial charge on any atom is -0.384 e. The molecule has 0 atom stereocenters. The summed E-state index contributed by atoms with van der Waals surface area (Å²) < 4.78 is 0. The molecule has 116 valence electrons. The summed E-state index contributed by atoms with van der Waals surface area (Å²) in [6, 6.07) is 1.94. The van der Waals surface area contributed by atoms with Gasteiger partial charge in [-0.25, -0.2) is 0 Å². The molecule has 2 heterocycles. The molecule has 2 N–H and O–H groups in total. The predicted molar refractivity (Wildman–Crippen MR) is 85.8 cm³/mol. The van der Waals surface area contributed by atoms with Gasteiger partial charge in [-0.1, -0.05) is 6.92 Å². The van der Waals surface area contributed by atoms with Gasteiger partial charge in [0, 0.05) is 31.5 Å². The molecule has 0 spiro atoms. The highest BCUT2D eigenvalue weighted by Crippen LogP contribution is 2.15. The number of aromatic nitrogens is 1. The molecule has 0 bridgehead atoms. The van der Waals surface area contributed by atoms with Crippen molar-refractivity contribution >= 4 is 11.6 Å². The van der Waals surface area contributed by atoms with Gasteiger partial charge < -0.3 is 15.5 Å². The Balaban J connectivity index is 1.90. The number of rotatable bonds is 7. The number of carbonyl (C=O) groups excluding carboxylic acids is 1. The lowest BCUT2D eigenvalue weighted by atomic mass is 10.2. The molecular weight excluding hydrogens is 264 g/mol. The van der Waals surface area contributed by atoms with E-state index < -0.39 is 0 Å². The van der Waals surface area contributed by atoms with Crippen molar-refractivity contribution in [1.29, 1.82) is 0 Å². The van der Waals surface area contributed by atoms with Crippen molar-refractivity contribution in [3.8, 4) is 0 Å². The summed E-state index contributed by atoms with van der Waals surface area (Å²) in [5.74, 6) is -0.0414. The quantitative estimate of drug-likeness (QED) is 0.807. The van der Waals surface area contributed by atoms with E-state index in [4.69, 9.17) is 0 Å². The van der Waals surface area contributed by atoms with Crippen molar-refractivity contribution in [2.75, 3.05) is 38.0 Å². The van der Waals surface area contributed by atoms with Crippen LogP contribution in [0, 0.1) is 6.92 Å². The maximum absolute atomic E-state index is 12.3.